The number of nitrogens with one attached hydrogen (secondary N) is 2. The lowest BCUT2D eigenvalue weighted by atomic mass is 10.2. The molecule has 0 radical (unpaired) electrons. The third-order valence-corrected chi connectivity index (χ3v) is 2.79. The number of rotatable bonds is 4. The Kier molecular flexibility index (Phi) is 4.00. The molecule has 0 spiro atoms. The fraction of sp³-hybridized carbons (Fsp3) is 0.333. The Morgan fingerprint density at radius 1 is 1.05 bits per heavy atom. The number of hydrogen-bond donors (Lipinski definition) is 2. The van der Waals surface area contributed by atoms with E-state index in [-0.39, 0.29) is 17.7 Å². The third-order valence-electron chi connectivity index (χ3n) is 2.79. The Balaban J connectivity index is 1.92. The molecule has 4 heteroatoms. The molecule has 1 fully saturated rings. The van der Waals surface area contributed by atoms with Crippen LogP contribution in [-0.4, -0.2) is 11.8 Å². The van der Waals surface area contributed by atoms with Crippen molar-refractivity contribution < 1.29 is 9.59 Å². The number of allylic oxidation sites excluding steroid dienone is 1. The Morgan fingerprint density at radius 3 is 2.05 bits per heavy atom. The average Bonchev–Trinajstić information content (AvgIpc) is 3.14. The van der Waals surface area contributed by atoms with Crippen LogP contribution in [0.4, 0.5) is 11.4 Å². The van der Waals surface area contributed by atoms with Crippen LogP contribution < -0.4 is 10.6 Å². The minimum Gasteiger partial charge on any atom is -0.326 e. The smallest absolute Gasteiger partial charge is 0.248 e. The second-order valence-corrected chi connectivity index (χ2v) is 5.05. The SMILES string of the molecule is CC(C)=CC(=O)Nc1ccc(NC(=O)C2CC2)cc1. The molecule has 0 heterocycles. The van der Waals surface area contributed by atoms with E-state index in [1.165, 1.54) is 0 Å². The molecule has 0 saturated heterocycles. The molecule has 19 heavy (non-hydrogen) atoms. The lowest BCUT2D eigenvalue weighted by molar-refractivity contribution is -0.117. The first-order chi connectivity index (χ1) is 9.04. The van der Waals surface area contributed by atoms with E-state index in [0.717, 1.165) is 24.1 Å². The van der Waals surface area contributed by atoms with Crippen LogP contribution in [0.2, 0.25) is 0 Å². The fourth-order valence-electron chi connectivity index (χ4n) is 1.67. The van der Waals surface area contributed by atoms with Gasteiger partial charge in [0.05, 0.1) is 0 Å². The standard InChI is InChI=1S/C15H18N2O2/c1-10(2)9-14(18)16-12-5-7-13(8-6-12)17-15(19)11-3-4-11/h5-9,11H,3-4H2,1-2H3,(H,16,18)(H,17,19). The molecule has 100 valence electrons. The lowest BCUT2D eigenvalue weighted by Gasteiger charge is -2.06. The van der Waals surface area contributed by atoms with Gasteiger partial charge in [0.1, 0.15) is 0 Å². The first-order valence-corrected chi connectivity index (χ1v) is 6.41. The van der Waals surface area contributed by atoms with Crippen LogP contribution in [0.15, 0.2) is 35.9 Å². The van der Waals surface area contributed by atoms with Gasteiger partial charge in [-0.1, -0.05) is 5.57 Å². The van der Waals surface area contributed by atoms with Crippen molar-refractivity contribution in [2.75, 3.05) is 10.6 Å². The summed E-state index contributed by atoms with van der Waals surface area (Å²) in [5.74, 6) is 0.133. The van der Waals surface area contributed by atoms with Crippen molar-refractivity contribution in [3.05, 3.63) is 35.9 Å². The molecule has 2 N–H and O–H groups in total. The predicted molar refractivity (Wildman–Crippen MR) is 75.9 cm³/mol. The molecule has 1 aliphatic carbocycles. The molecule has 2 rings (SSSR count). The first kappa shape index (κ1) is 13.3. The molecule has 1 aromatic rings. The zero-order chi connectivity index (χ0) is 13.8. The van der Waals surface area contributed by atoms with E-state index in [1.54, 1.807) is 30.3 Å². The highest BCUT2D eigenvalue weighted by atomic mass is 16.2. The zero-order valence-corrected chi connectivity index (χ0v) is 11.2. The van der Waals surface area contributed by atoms with Gasteiger partial charge in [0.25, 0.3) is 0 Å². The average molecular weight is 258 g/mol. The van der Waals surface area contributed by atoms with Crippen LogP contribution in [0.1, 0.15) is 26.7 Å². The van der Waals surface area contributed by atoms with Crippen LogP contribution in [0, 0.1) is 5.92 Å². The summed E-state index contributed by atoms with van der Waals surface area (Å²) in [6, 6.07) is 7.13. The number of carbonyl (C=O) groups excluding carboxylic acids is 2. The normalized spacial score (nSPS) is 13.6. The van der Waals surface area contributed by atoms with E-state index < -0.39 is 0 Å². The van der Waals surface area contributed by atoms with Gasteiger partial charge < -0.3 is 10.6 Å². The number of anilines is 2. The maximum absolute atomic E-state index is 11.6. The van der Waals surface area contributed by atoms with Crippen LogP contribution in [0.5, 0.6) is 0 Å². The summed E-state index contributed by atoms with van der Waals surface area (Å²) in [7, 11) is 0. The monoisotopic (exact) mass is 258 g/mol. The summed E-state index contributed by atoms with van der Waals surface area (Å²) < 4.78 is 0. The van der Waals surface area contributed by atoms with E-state index in [9.17, 15) is 9.59 Å². The quantitative estimate of drug-likeness (QED) is 0.816. The van der Waals surface area contributed by atoms with Gasteiger partial charge in [0.2, 0.25) is 11.8 Å². The predicted octanol–water partition coefficient (Wildman–Crippen LogP) is 2.94. The van der Waals surface area contributed by atoms with Gasteiger partial charge in [-0.25, -0.2) is 0 Å². The van der Waals surface area contributed by atoms with Crippen molar-refractivity contribution in [2.45, 2.75) is 26.7 Å². The minimum absolute atomic E-state index is 0.0846. The highest BCUT2D eigenvalue weighted by Crippen LogP contribution is 2.30. The van der Waals surface area contributed by atoms with Crippen molar-refractivity contribution in [3.63, 3.8) is 0 Å². The topological polar surface area (TPSA) is 58.2 Å². The van der Waals surface area contributed by atoms with E-state index in [1.807, 2.05) is 13.8 Å². The molecule has 0 aromatic heterocycles. The molecule has 2 amide bonds. The fourth-order valence-corrected chi connectivity index (χ4v) is 1.67. The maximum Gasteiger partial charge on any atom is 0.248 e. The highest BCUT2D eigenvalue weighted by Gasteiger charge is 2.29. The molecule has 0 aliphatic heterocycles. The summed E-state index contributed by atoms with van der Waals surface area (Å²) in [4.78, 5) is 23.1. The Labute approximate surface area is 112 Å². The van der Waals surface area contributed by atoms with E-state index >= 15 is 0 Å². The number of hydrogen-bond acceptors (Lipinski definition) is 2. The summed E-state index contributed by atoms with van der Waals surface area (Å²) in [5.41, 5.74) is 2.43. The van der Waals surface area contributed by atoms with Crippen LogP contribution in [-0.2, 0) is 9.59 Å². The molecule has 0 bridgehead atoms. The molecular formula is C15H18N2O2. The Bertz CT molecular complexity index is 509. The van der Waals surface area contributed by atoms with Crippen LogP contribution >= 0.6 is 0 Å². The molecule has 1 saturated carbocycles. The van der Waals surface area contributed by atoms with E-state index in [4.69, 9.17) is 0 Å². The second kappa shape index (κ2) is 5.69. The van der Waals surface area contributed by atoms with Crippen LogP contribution in [0.25, 0.3) is 0 Å². The largest absolute Gasteiger partial charge is 0.326 e. The van der Waals surface area contributed by atoms with Gasteiger partial charge in [0.15, 0.2) is 0 Å². The lowest BCUT2D eigenvalue weighted by Crippen LogP contribution is -2.13. The minimum atomic E-state index is -0.144. The van der Waals surface area contributed by atoms with Crippen LogP contribution in [0.3, 0.4) is 0 Å². The van der Waals surface area contributed by atoms with Crippen molar-refractivity contribution in [2.24, 2.45) is 5.92 Å². The third kappa shape index (κ3) is 4.25. The zero-order valence-electron chi connectivity index (χ0n) is 11.2. The van der Waals surface area contributed by atoms with Crippen molar-refractivity contribution in [3.8, 4) is 0 Å². The number of benzene rings is 1. The summed E-state index contributed by atoms with van der Waals surface area (Å²) in [6.07, 6.45) is 3.52. The van der Waals surface area contributed by atoms with Gasteiger partial charge in [-0.3, -0.25) is 9.59 Å². The van der Waals surface area contributed by atoms with Gasteiger partial charge in [-0.2, -0.15) is 0 Å². The van der Waals surface area contributed by atoms with E-state index in [2.05, 4.69) is 10.6 Å². The Hall–Kier alpha value is -2.10. The molecular weight excluding hydrogens is 240 g/mol. The first-order valence-electron chi connectivity index (χ1n) is 6.41. The molecule has 0 unspecified atom stereocenters. The van der Waals surface area contributed by atoms with Gasteiger partial charge in [-0.05, 0) is 51.0 Å². The van der Waals surface area contributed by atoms with Crippen molar-refractivity contribution in [1.29, 1.82) is 0 Å². The highest BCUT2D eigenvalue weighted by molar-refractivity contribution is 6.00. The van der Waals surface area contributed by atoms with Gasteiger partial charge >= 0.3 is 0 Å². The van der Waals surface area contributed by atoms with E-state index in [0.29, 0.717) is 5.69 Å². The number of carbonyl (C=O) groups is 2. The van der Waals surface area contributed by atoms with Crippen molar-refractivity contribution in [1.82, 2.24) is 0 Å². The maximum atomic E-state index is 11.6. The molecule has 1 aliphatic rings. The molecule has 4 nitrogen and oxygen atoms in total. The summed E-state index contributed by atoms with van der Waals surface area (Å²) in [5, 5.41) is 5.61. The number of amides is 2. The van der Waals surface area contributed by atoms with Gasteiger partial charge in [-0.15, -0.1) is 0 Å². The molecule has 0 atom stereocenters. The second-order valence-electron chi connectivity index (χ2n) is 5.05. The van der Waals surface area contributed by atoms with Gasteiger partial charge in [0, 0.05) is 23.4 Å². The molecule has 1 aromatic carbocycles. The summed E-state index contributed by atoms with van der Waals surface area (Å²) in [6.45, 7) is 3.74. The summed E-state index contributed by atoms with van der Waals surface area (Å²) >= 11 is 0. The Morgan fingerprint density at radius 2 is 1.58 bits per heavy atom. The van der Waals surface area contributed by atoms with Crippen molar-refractivity contribution >= 4 is 23.2 Å².